The Labute approximate surface area is 168 Å². The maximum atomic E-state index is 12.2. The number of hydrogen-bond acceptors (Lipinski definition) is 6. The van der Waals surface area contributed by atoms with Crippen LogP contribution in [-0.4, -0.2) is 35.3 Å². The van der Waals surface area contributed by atoms with Crippen molar-refractivity contribution in [1.82, 2.24) is 9.44 Å². The third kappa shape index (κ3) is 6.53. The highest BCUT2D eigenvalue weighted by Crippen LogP contribution is 2.16. The lowest BCUT2D eigenvalue weighted by molar-refractivity contribution is -0.117. The van der Waals surface area contributed by atoms with E-state index in [2.05, 4.69) is 21.3 Å². The monoisotopic (exact) mass is 443 g/mol. The van der Waals surface area contributed by atoms with Crippen LogP contribution in [0.4, 0.5) is 5.69 Å². The van der Waals surface area contributed by atoms with E-state index < -0.39 is 32.0 Å². The number of hydrogen-bond donors (Lipinski definition) is 3. The highest BCUT2D eigenvalue weighted by atomic mass is 32.2. The van der Waals surface area contributed by atoms with E-state index in [1.54, 1.807) is 35.7 Å². The summed E-state index contributed by atoms with van der Waals surface area (Å²) in [5.74, 6) is -0.736. The van der Waals surface area contributed by atoms with Crippen molar-refractivity contribution in [3.63, 3.8) is 0 Å². The maximum Gasteiger partial charge on any atom is 0.250 e. The van der Waals surface area contributed by atoms with Gasteiger partial charge in [-0.2, -0.15) is 4.72 Å². The summed E-state index contributed by atoms with van der Waals surface area (Å²) >= 11 is 1.06. The van der Waals surface area contributed by atoms with Crippen LogP contribution in [0, 0.1) is 0 Å². The molecule has 28 heavy (non-hydrogen) atoms. The molecule has 1 atom stereocenters. The van der Waals surface area contributed by atoms with Crippen LogP contribution in [0.3, 0.4) is 0 Å². The molecule has 1 aromatic heterocycles. The van der Waals surface area contributed by atoms with Crippen molar-refractivity contribution in [1.29, 1.82) is 0 Å². The van der Waals surface area contributed by atoms with Crippen molar-refractivity contribution in [3.8, 4) is 0 Å². The first-order chi connectivity index (χ1) is 13.1. The standard InChI is InChI=1S/C17H21N3O5S3/c1-3-10-18-27(22,23)12-14-6-8-15(9-7-14)19-17(21)13(2)20-28(24,25)16-5-4-11-26-16/h3-9,11,13,18,20H,1,10,12H2,2H3,(H,19,21). The third-order valence-electron chi connectivity index (χ3n) is 3.51. The molecule has 1 aromatic carbocycles. The molecule has 1 unspecified atom stereocenters. The van der Waals surface area contributed by atoms with E-state index in [-0.39, 0.29) is 16.5 Å². The molecular formula is C17H21N3O5S3. The zero-order valence-electron chi connectivity index (χ0n) is 15.1. The summed E-state index contributed by atoms with van der Waals surface area (Å²) in [6, 6.07) is 8.32. The normalized spacial score (nSPS) is 13.0. The minimum atomic E-state index is -3.76. The summed E-state index contributed by atoms with van der Waals surface area (Å²) in [5.41, 5.74) is 0.966. The molecule has 0 saturated heterocycles. The molecule has 0 radical (unpaired) electrons. The largest absolute Gasteiger partial charge is 0.325 e. The quantitative estimate of drug-likeness (QED) is 0.482. The molecule has 1 heterocycles. The molecule has 0 saturated carbocycles. The van der Waals surface area contributed by atoms with Crippen molar-refractivity contribution in [2.75, 3.05) is 11.9 Å². The van der Waals surface area contributed by atoms with Gasteiger partial charge < -0.3 is 5.32 Å². The fourth-order valence-electron chi connectivity index (χ4n) is 2.15. The van der Waals surface area contributed by atoms with E-state index in [1.807, 2.05) is 0 Å². The Kier molecular flexibility index (Phi) is 7.49. The minimum absolute atomic E-state index is 0.128. The van der Waals surface area contributed by atoms with Crippen LogP contribution in [-0.2, 0) is 30.6 Å². The topological polar surface area (TPSA) is 121 Å². The number of sulfonamides is 2. The van der Waals surface area contributed by atoms with Gasteiger partial charge in [-0.15, -0.1) is 17.9 Å². The van der Waals surface area contributed by atoms with Gasteiger partial charge >= 0.3 is 0 Å². The highest BCUT2D eigenvalue weighted by molar-refractivity contribution is 7.91. The number of nitrogens with one attached hydrogen (secondary N) is 3. The molecule has 0 aliphatic rings. The number of carbonyl (C=O) groups is 1. The van der Waals surface area contributed by atoms with Gasteiger partial charge in [0, 0.05) is 12.2 Å². The Bertz CT molecular complexity index is 1010. The first-order valence-electron chi connectivity index (χ1n) is 8.17. The lowest BCUT2D eigenvalue weighted by atomic mass is 10.2. The molecule has 3 N–H and O–H groups in total. The summed E-state index contributed by atoms with van der Waals surface area (Å²) < 4.78 is 52.8. The van der Waals surface area contributed by atoms with Crippen LogP contribution in [0.5, 0.6) is 0 Å². The summed E-state index contributed by atoms with van der Waals surface area (Å²) in [7, 11) is -7.23. The van der Waals surface area contributed by atoms with Gasteiger partial charge in [0.1, 0.15) is 4.21 Å². The molecule has 2 rings (SSSR count). The highest BCUT2D eigenvalue weighted by Gasteiger charge is 2.22. The van der Waals surface area contributed by atoms with E-state index in [4.69, 9.17) is 0 Å². The third-order valence-corrected chi connectivity index (χ3v) is 7.77. The first kappa shape index (κ1) is 22.2. The lowest BCUT2D eigenvalue weighted by Gasteiger charge is -2.14. The molecule has 0 fully saturated rings. The fraction of sp³-hybridized carbons (Fsp3) is 0.235. The SMILES string of the molecule is C=CCNS(=O)(=O)Cc1ccc(NC(=O)C(C)NS(=O)(=O)c2cccs2)cc1. The van der Waals surface area contributed by atoms with Crippen LogP contribution in [0.25, 0.3) is 0 Å². The van der Waals surface area contributed by atoms with Crippen molar-refractivity contribution in [3.05, 3.63) is 60.0 Å². The Morgan fingerprint density at radius 2 is 1.86 bits per heavy atom. The smallest absolute Gasteiger partial charge is 0.250 e. The number of rotatable bonds is 10. The second-order valence-corrected chi connectivity index (χ2v) is 10.6. The Hall–Kier alpha value is -2.05. The number of amides is 1. The van der Waals surface area contributed by atoms with E-state index in [9.17, 15) is 21.6 Å². The molecule has 152 valence electrons. The van der Waals surface area contributed by atoms with Gasteiger partial charge in [0.15, 0.2) is 0 Å². The molecule has 0 aliphatic carbocycles. The minimum Gasteiger partial charge on any atom is -0.325 e. The van der Waals surface area contributed by atoms with Crippen LogP contribution < -0.4 is 14.8 Å². The van der Waals surface area contributed by atoms with Crippen molar-refractivity contribution >= 4 is 43.0 Å². The van der Waals surface area contributed by atoms with E-state index >= 15 is 0 Å². The predicted molar refractivity (Wildman–Crippen MR) is 110 cm³/mol. The number of benzene rings is 1. The van der Waals surface area contributed by atoms with Gasteiger partial charge in [0.2, 0.25) is 15.9 Å². The van der Waals surface area contributed by atoms with Gasteiger partial charge in [0.25, 0.3) is 10.0 Å². The van der Waals surface area contributed by atoms with Gasteiger partial charge in [-0.3, -0.25) is 4.79 Å². The summed E-state index contributed by atoms with van der Waals surface area (Å²) in [6.07, 6.45) is 1.45. The summed E-state index contributed by atoms with van der Waals surface area (Å²) in [4.78, 5) is 12.2. The molecule has 1 amide bonds. The molecule has 0 bridgehead atoms. The Morgan fingerprint density at radius 1 is 1.18 bits per heavy atom. The summed E-state index contributed by atoms with van der Waals surface area (Å²) in [5, 5.41) is 4.23. The van der Waals surface area contributed by atoms with Gasteiger partial charge in [-0.25, -0.2) is 21.6 Å². The van der Waals surface area contributed by atoms with Crippen molar-refractivity contribution in [2.45, 2.75) is 22.9 Å². The van der Waals surface area contributed by atoms with Crippen LogP contribution >= 0.6 is 11.3 Å². The van der Waals surface area contributed by atoms with Crippen LogP contribution in [0.15, 0.2) is 58.6 Å². The van der Waals surface area contributed by atoms with Gasteiger partial charge in [0.05, 0.1) is 11.8 Å². The Balaban J connectivity index is 1.96. The van der Waals surface area contributed by atoms with Crippen LogP contribution in [0.1, 0.15) is 12.5 Å². The molecular weight excluding hydrogens is 422 g/mol. The second kappa shape index (κ2) is 9.43. The maximum absolute atomic E-state index is 12.2. The molecule has 0 aliphatic heterocycles. The first-order valence-corrected chi connectivity index (χ1v) is 12.2. The number of thiophene rings is 1. The van der Waals surface area contributed by atoms with E-state index in [1.165, 1.54) is 19.1 Å². The summed E-state index contributed by atoms with van der Waals surface area (Å²) in [6.45, 7) is 5.04. The van der Waals surface area contributed by atoms with E-state index in [0.717, 1.165) is 11.3 Å². The average Bonchev–Trinajstić information content (AvgIpc) is 3.17. The molecule has 11 heteroatoms. The number of anilines is 1. The predicted octanol–water partition coefficient (Wildman–Crippen LogP) is 1.66. The second-order valence-electron chi connectivity index (χ2n) is 5.86. The zero-order valence-corrected chi connectivity index (χ0v) is 17.5. The van der Waals surface area contributed by atoms with Crippen LogP contribution in [0.2, 0.25) is 0 Å². The fourth-order valence-corrected chi connectivity index (χ4v) is 5.47. The number of carbonyl (C=O) groups excluding carboxylic acids is 1. The van der Waals surface area contributed by atoms with Gasteiger partial charge in [-0.1, -0.05) is 24.3 Å². The molecule has 2 aromatic rings. The molecule has 0 spiro atoms. The van der Waals surface area contributed by atoms with E-state index in [0.29, 0.717) is 11.3 Å². The Morgan fingerprint density at radius 3 is 2.43 bits per heavy atom. The average molecular weight is 444 g/mol. The zero-order chi connectivity index (χ0) is 20.8. The lowest BCUT2D eigenvalue weighted by Crippen LogP contribution is -2.41. The van der Waals surface area contributed by atoms with Crippen molar-refractivity contribution in [2.24, 2.45) is 0 Å². The van der Waals surface area contributed by atoms with Crippen molar-refractivity contribution < 1.29 is 21.6 Å². The molecule has 8 nitrogen and oxygen atoms in total. The van der Waals surface area contributed by atoms with Gasteiger partial charge in [-0.05, 0) is 36.1 Å².